The number of amides is 3. The zero-order valence-corrected chi connectivity index (χ0v) is 23.6. The summed E-state index contributed by atoms with van der Waals surface area (Å²) >= 11 is 0. The number of aldehydes is 1. The van der Waals surface area contributed by atoms with E-state index < -0.39 is 18.0 Å². The number of carboxylic acids is 2. The number of nitrogens with one attached hydrogen (secondary N) is 3. The summed E-state index contributed by atoms with van der Waals surface area (Å²) in [4.78, 5) is 70.4. The average Bonchev–Trinajstić information content (AvgIpc) is 2.89. The highest BCUT2D eigenvalue weighted by atomic mass is 16.7. The molecule has 0 bridgehead atoms. The number of carbonyl (C=O) groups is 5. The Labute approximate surface area is 236 Å². The van der Waals surface area contributed by atoms with Gasteiger partial charge in [0.25, 0.3) is 0 Å². The van der Waals surface area contributed by atoms with Crippen LogP contribution in [0, 0.1) is 0 Å². The minimum atomic E-state index is -0.968. The number of carbonyl (C=O) groups excluding carboxylic acids is 3. The normalized spacial score (nSPS) is 16.8. The molecule has 230 valence electrons. The first-order valence-electron chi connectivity index (χ1n) is 13.9. The van der Waals surface area contributed by atoms with E-state index in [1.165, 1.54) is 0 Å². The van der Waals surface area contributed by atoms with Gasteiger partial charge in [0, 0.05) is 65.4 Å². The van der Waals surface area contributed by atoms with Crippen LogP contribution in [-0.2, 0) is 24.0 Å². The second-order valence-electron chi connectivity index (χ2n) is 9.70. The van der Waals surface area contributed by atoms with Crippen LogP contribution in [0.25, 0.3) is 0 Å². The van der Waals surface area contributed by atoms with Crippen molar-refractivity contribution < 1.29 is 39.0 Å². The van der Waals surface area contributed by atoms with Crippen molar-refractivity contribution in [2.75, 3.05) is 98.2 Å². The van der Waals surface area contributed by atoms with Crippen molar-refractivity contribution in [2.24, 2.45) is 0 Å². The molecule has 0 saturated carbocycles. The smallest absolute Gasteiger partial charge is 0.338 e. The largest absolute Gasteiger partial charge is 0.480 e. The maximum Gasteiger partial charge on any atom is 0.338 e. The van der Waals surface area contributed by atoms with Gasteiger partial charge in [-0.15, -0.1) is 0 Å². The van der Waals surface area contributed by atoms with Gasteiger partial charge in [0.05, 0.1) is 32.8 Å². The van der Waals surface area contributed by atoms with Crippen LogP contribution in [0.5, 0.6) is 0 Å². The van der Waals surface area contributed by atoms with E-state index >= 15 is 0 Å². The fraction of sp³-hybridized carbons (Fsp3) is 0.800. The predicted molar refractivity (Wildman–Crippen MR) is 147 cm³/mol. The van der Waals surface area contributed by atoms with Crippen LogP contribution in [-0.4, -0.2) is 158 Å². The summed E-state index contributed by atoms with van der Waals surface area (Å²) in [6, 6.07) is -0.437. The Morgan fingerprint density at radius 3 is 1.75 bits per heavy atom. The lowest BCUT2D eigenvalue weighted by molar-refractivity contribution is -0.139. The topological polar surface area (TPSA) is 184 Å². The first kappa shape index (κ1) is 35.2. The van der Waals surface area contributed by atoms with E-state index in [0.29, 0.717) is 58.9 Å². The van der Waals surface area contributed by atoms with Gasteiger partial charge in [-0.1, -0.05) is 26.2 Å². The second-order valence-corrected chi connectivity index (χ2v) is 9.70. The molecule has 1 rings (SSSR count). The maximum absolute atomic E-state index is 12.6. The zero-order chi connectivity index (χ0) is 29.6. The van der Waals surface area contributed by atoms with Crippen molar-refractivity contribution in [3.8, 4) is 0 Å². The molecule has 0 unspecified atom stereocenters. The van der Waals surface area contributed by atoms with E-state index in [0.717, 1.165) is 32.0 Å². The Kier molecular flexibility index (Phi) is 19.3. The minimum Gasteiger partial charge on any atom is -0.480 e. The van der Waals surface area contributed by atoms with Gasteiger partial charge in [-0.05, 0) is 6.42 Å². The van der Waals surface area contributed by atoms with Gasteiger partial charge in [0.1, 0.15) is 6.29 Å². The van der Waals surface area contributed by atoms with Gasteiger partial charge in [-0.2, -0.15) is 0 Å². The molecule has 0 radical (unpaired) electrons. The van der Waals surface area contributed by atoms with Crippen molar-refractivity contribution in [3.63, 3.8) is 0 Å². The molecule has 1 aliphatic heterocycles. The molecule has 3 amide bonds. The monoisotopic (exact) mass is 573 g/mol. The van der Waals surface area contributed by atoms with Gasteiger partial charge in [0.15, 0.2) is 0 Å². The van der Waals surface area contributed by atoms with Gasteiger partial charge in [0.2, 0.25) is 5.91 Å². The van der Waals surface area contributed by atoms with E-state index in [-0.39, 0.29) is 45.2 Å². The lowest BCUT2D eigenvalue weighted by Crippen LogP contribution is -2.49. The van der Waals surface area contributed by atoms with E-state index in [2.05, 4.69) is 23.0 Å². The quantitative estimate of drug-likeness (QED) is 0.0772. The van der Waals surface area contributed by atoms with Crippen LogP contribution in [0.2, 0.25) is 0 Å². The Bertz CT molecular complexity index is 741. The van der Waals surface area contributed by atoms with Crippen LogP contribution < -0.4 is 16.1 Å². The first-order chi connectivity index (χ1) is 19.2. The molecule has 40 heavy (non-hydrogen) atoms. The number of nitrogens with zero attached hydrogens (tertiary/aromatic N) is 4. The summed E-state index contributed by atoms with van der Waals surface area (Å²) in [5, 5.41) is 24.0. The Balaban J connectivity index is 2.58. The van der Waals surface area contributed by atoms with Crippen molar-refractivity contribution in [1.82, 2.24) is 35.7 Å². The maximum atomic E-state index is 12.6. The number of rotatable bonds is 17. The molecular formula is C25H47N7O8. The molecular weight excluding hydrogens is 526 g/mol. The van der Waals surface area contributed by atoms with Gasteiger partial charge in [-0.3, -0.25) is 38.8 Å². The molecule has 15 heteroatoms. The fourth-order valence-electron chi connectivity index (χ4n) is 4.13. The molecule has 5 N–H and O–H groups in total. The summed E-state index contributed by atoms with van der Waals surface area (Å²) in [6.45, 7) is 6.09. The number of hydroxylamine groups is 1. The molecule has 1 saturated heterocycles. The Morgan fingerprint density at radius 1 is 0.725 bits per heavy atom. The van der Waals surface area contributed by atoms with E-state index in [4.69, 9.17) is 4.84 Å². The van der Waals surface area contributed by atoms with Crippen molar-refractivity contribution in [2.45, 2.75) is 32.6 Å². The third kappa shape index (κ3) is 18.4. The van der Waals surface area contributed by atoms with Gasteiger partial charge in [-0.25, -0.2) is 10.3 Å². The standard InChI is InChI=1S/C25H47N7O8/c1-2-3-4-5-6-27-25(39)28-40-18-7-26-22(34)19-30-12-14-31(20-23(35)36)10-8-29(16-17-33)9-11-32(15-13-30)21-24(37)38/h17H,2-16,18-21H2,1H3,(H,26,34)(H,35,36)(H,37,38)(H2,27,28,39). The second kappa shape index (κ2) is 21.9. The Morgan fingerprint density at radius 2 is 1.25 bits per heavy atom. The van der Waals surface area contributed by atoms with Crippen LogP contribution >= 0.6 is 0 Å². The lowest BCUT2D eigenvalue weighted by Gasteiger charge is -2.32. The first-order valence-corrected chi connectivity index (χ1v) is 13.9. The number of urea groups is 1. The van der Waals surface area contributed by atoms with Gasteiger partial charge >= 0.3 is 18.0 Å². The third-order valence-corrected chi connectivity index (χ3v) is 6.35. The summed E-state index contributed by atoms with van der Waals surface area (Å²) < 4.78 is 0. The number of hydrogen-bond donors (Lipinski definition) is 5. The lowest BCUT2D eigenvalue weighted by atomic mass is 10.2. The summed E-state index contributed by atoms with van der Waals surface area (Å²) in [5.74, 6) is -2.21. The summed E-state index contributed by atoms with van der Waals surface area (Å²) in [6.07, 6.45) is 4.97. The molecule has 0 aliphatic carbocycles. The van der Waals surface area contributed by atoms with E-state index in [1.54, 1.807) is 9.80 Å². The van der Waals surface area contributed by atoms with Crippen LogP contribution in [0.1, 0.15) is 32.6 Å². The van der Waals surface area contributed by atoms with Crippen LogP contribution in [0.4, 0.5) is 4.79 Å². The number of carboxylic acid groups (broad SMARTS) is 2. The van der Waals surface area contributed by atoms with E-state index in [9.17, 15) is 34.2 Å². The third-order valence-electron chi connectivity index (χ3n) is 6.35. The molecule has 0 aromatic heterocycles. The number of aliphatic carboxylic acids is 2. The van der Waals surface area contributed by atoms with Crippen molar-refractivity contribution >= 4 is 30.2 Å². The molecule has 1 heterocycles. The molecule has 0 aromatic rings. The summed E-state index contributed by atoms with van der Waals surface area (Å²) in [5.41, 5.74) is 2.28. The average molecular weight is 574 g/mol. The molecule has 1 aliphatic rings. The SMILES string of the molecule is CCCCCCNC(=O)NOCCNC(=O)CN1CCN(CC(=O)O)CCN(CC=O)CCN(CC(=O)O)CC1. The van der Waals surface area contributed by atoms with Crippen LogP contribution in [0.3, 0.4) is 0 Å². The number of hydrogen-bond acceptors (Lipinski definition) is 10. The van der Waals surface area contributed by atoms with Gasteiger partial charge < -0.3 is 25.6 Å². The highest BCUT2D eigenvalue weighted by Crippen LogP contribution is 2.01. The highest BCUT2D eigenvalue weighted by molar-refractivity contribution is 5.78. The molecule has 0 aromatic carbocycles. The van der Waals surface area contributed by atoms with E-state index in [1.807, 2.05) is 9.80 Å². The Hall–Kier alpha value is -2.85. The minimum absolute atomic E-state index is 0.0325. The van der Waals surface area contributed by atoms with Crippen LogP contribution in [0.15, 0.2) is 0 Å². The molecule has 1 fully saturated rings. The molecule has 0 spiro atoms. The highest BCUT2D eigenvalue weighted by Gasteiger charge is 2.20. The zero-order valence-electron chi connectivity index (χ0n) is 23.6. The summed E-state index contributed by atoms with van der Waals surface area (Å²) in [7, 11) is 0. The number of unbranched alkanes of at least 4 members (excludes halogenated alkanes) is 3. The molecule has 15 nitrogen and oxygen atoms in total. The fourth-order valence-corrected chi connectivity index (χ4v) is 4.13. The predicted octanol–water partition coefficient (Wildman–Crippen LogP) is -1.50. The molecule has 0 atom stereocenters. The van der Waals surface area contributed by atoms with Crippen molar-refractivity contribution in [3.05, 3.63) is 0 Å². The van der Waals surface area contributed by atoms with Crippen molar-refractivity contribution in [1.29, 1.82) is 0 Å².